The standard InChI is InChI=1S/C19H19F5N2O6/c1-2-30-18(28)10-7-32-19(29)26(10)9-3-5-25(6-4-9)11(27)8-31-17-15(23)13(21)12(20)14(22)16(17)24/h9-10H,2-8H2,1H3. The fourth-order valence-electron chi connectivity index (χ4n) is 3.59. The second kappa shape index (κ2) is 9.57. The maximum atomic E-state index is 13.7. The van der Waals surface area contributed by atoms with Crippen LogP contribution >= 0.6 is 0 Å². The molecule has 1 unspecified atom stereocenters. The number of hydrogen-bond donors (Lipinski definition) is 0. The van der Waals surface area contributed by atoms with Crippen molar-refractivity contribution >= 4 is 18.0 Å². The Labute approximate surface area is 178 Å². The quantitative estimate of drug-likeness (QED) is 0.277. The molecule has 0 saturated carbocycles. The zero-order valence-corrected chi connectivity index (χ0v) is 16.8. The number of carbonyl (C=O) groups excluding carboxylic acids is 3. The third-order valence-corrected chi connectivity index (χ3v) is 5.19. The average molecular weight is 466 g/mol. The number of benzene rings is 1. The summed E-state index contributed by atoms with van der Waals surface area (Å²) in [5, 5.41) is 0. The third kappa shape index (κ3) is 4.41. The summed E-state index contributed by atoms with van der Waals surface area (Å²) in [5.41, 5.74) is 0. The highest BCUT2D eigenvalue weighted by molar-refractivity contribution is 5.84. The number of amides is 2. The minimum Gasteiger partial charge on any atom is -0.477 e. The van der Waals surface area contributed by atoms with Crippen molar-refractivity contribution in [1.82, 2.24) is 9.80 Å². The van der Waals surface area contributed by atoms with Crippen LogP contribution in [-0.4, -0.2) is 72.8 Å². The molecule has 13 heteroatoms. The Kier molecular flexibility index (Phi) is 7.04. The van der Waals surface area contributed by atoms with Crippen LogP contribution in [-0.2, 0) is 19.1 Å². The Hall–Kier alpha value is -3.12. The van der Waals surface area contributed by atoms with Crippen molar-refractivity contribution < 1.29 is 50.5 Å². The number of carbonyl (C=O) groups is 3. The number of piperidine rings is 1. The van der Waals surface area contributed by atoms with Gasteiger partial charge in [0.05, 0.1) is 6.61 Å². The van der Waals surface area contributed by atoms with Crippen LogP contribution in [0.15, 0.2) is 0 Å². The molecule has 1 atom stereocenters. The van der Waals surface area contributed by atoms with E-state index in [4.69, 9.17) is 9.47 Å². The molecule has 2 heterocycles. The molecule has 0 aliphatic carbocycles. The van der Waals surface area contributed by atoms with Gasteiger partial charge in [0.15, 0.2) is 18.4 Å². The fourth-order valence-corrected chi connectivity index (χ4v) is 3.59. The Balaban J connectivity index is 1.58. The first-order valence-corrected chi connectivity index (χ1v) is 9.71. The van der Waals surface area contributed by atoms with Crippen molar-refractivity contribution in [2.24, 2.45) is 0 Å². The van der Waals surface area contributed by atoms with Gasteiger partial charge in [-0.1, -0.05) is 0 Å². The molecule has 2 aliphatic rings. The Morgan fingerprint density at radius 1 is 1.00 bits per heavy atom. The summed E-state index contributed by atoms with van der Waals surface area (Å²) in [7, 11) is 0. The molecule has 2 aliphatic heterocycles. The lowest BCUT2D eigenvalue weighted by Gasteiger charge is -2.37. The van der Waals surface area contributed by atoms with Gasteiger partial charge < -0.3 is 19.1 Å². The van der Waals surface area contributed by atoms with E-state index in [-0.39, 0.29) is 39.1 Å². The summed E-state index contributed by atoms with van der Waals surface area (Å²) in [4.78, 5) is 38.9. The molecule has 0 N–H and O–H groups in total. The molecule has 0 radical (unpaired) electrons. The third-order valence-electron chi connectivity index (χ3n) is 5.19. The zero-order valence-electron chi connectivity index (χ0n) is 16.8. The van der Waals surface area contributed by atoms with Gasteiger partial charge in [0.25, 0.3) is 5.91 Å². The SMILES string of the molecule is CCOC(=O)C1COC(=O)N1C1CCN(C(=O)COc2c(F)c(F)c(F)c(F)c2F)CC1. The van der Waals surface area contributed by atoms with Crippen LogP contribution < -0.4 is 4.74 Å². The summed E-state index contributed by atoms with van der Waals surface area (Å²) in [6.45, 7) is 0.852. The van der Waals surface area contributed by atoms with Crippen molar-refractivity contribution in [2.75, 3.05) is 32.9 Å². The summed E-state index contributed by atoms with van der Waals surface area (Å²) in [5.74, 6) is -13.9. The molecule has 0 bridgehead atoms. The van der Waals surface area contributed by atoms with E-state index in [2.05, 4.69) is 4.74 Å². The Morgan fingerprint density at radius 2 is 1.56 bits per heavy atom. The summed E-state index contributed by atoms with van der Waals surface area (Å²) < 4.78 is 81.3. The highest BCUT2D eigenvalue weighted by atomic mass is 19.2. The predicted octanol–water partition coefficient (Wildman–Crippen LogP) is 2.14. The maximum absolute atomic E-state index is 13.7. The number of ether oxygens (including phenoxy) is 3. The van der Waals surface area contributed by atoms with E-state index in [1.807, 2.05) is 0 Å². The average Bonchev–Trinajstić information content (AvgIpc) is 3.18. The first kappa shape index (κ1) is 23.5. The minimum absolute atomic E-state index is 0.100. The lowest BCUT2D eigenvalue weighted by atomic mass is 10.0. The number of hydrogen-bond acceptors (Lipinski definition) is 6. The van der Waals surface area contributed by atoms with Crippen molar-refractivity contribution in [2.45, 2.75) is 31.8 Å². The number of esters is 1. The molecular formula is C19H19F5N2O6. The van der Waals surface area contributed by atoms with E-state index in [1.165, 1.54) is 9.80 Å². The van der Waals surface area contributed by atoms with Gasteiger partial charge >= 0.3 is 12.1 Å². The van der Waals surface area contributed by atoms with Crippen LogP contribution in [0.4, 0.5) is 26.7 Å². The number of cyclic esters (lactones) is 1. The van der Waals surface area contributed by atoms with Crippen molar-refractivity contribution in [3.8, 4) is 5.75 Å². The van der Waals surface area contributed by atoms with Gasteiger partial charge in [-0.05, 0) is 19.8 Å². The number of likely N-dealkylation sites (tertiary alicyclic amines) is 1. The van der Waals surface area contributed by atoms with Gasteiger partial charge in [-0.15, -0.1) is 0 Å². The predicted molar refractivity (Wildman–Crippen MR) is 94.9 cm³/mol. The van der Waals surface area contributed by atoms with Crippen LogP contribution in [0.5, 0.6) is 5.75 Å². The van der Waals surface area contributed by atoms with Crippen LogP contribution in [0.1, 0.15) is 19.8 Å². The fraction of sp³-hybridized carbons (Fsp3) is 0.526. The minimum atomic E-state index is -2.33. The van der Waals surface area contributed by atoms with Crippen LogP contribution in [0, 0.1) is 29.1 Å². The number of rotatable bonds is 6. The van der Waals surface area contributed by atoms with Gasteiger partial charge in [0.2, 0.25) is 29.1 Å². The monoisotopic (exact) mass is 466 g/mol. The van der Waals surface area contributed by atoms with E-state index in [1.54, 1.807) is 6.92 Å². The second-order valence-corrected chi connectivity index (χ2v) is 7.05. The maximum Gasteiger partial charge on any atom is 0.410 e. The highest BCUT2D eigenvalue weighted by Crippen LogP contribution is 2.29. The van der Waals surface area contributed by atoms with Gasteiger partial charge in [-0.3, -0.25) is 9.69 Å². The molecule has 2 saturated heterocycles. The van der Waals surface area contributed by atoms with E-state index in [0.717, 1.165) is 0 Å². The molecule has 2 amide bonds. The molecule has 0 spiro atoms. The number of nitrogens with zero attached hydrogens (tertiary/aromatic N) is 2. The smallest absolute Gasteiger partial charge is 0.410 e. The molecule has 3 rings (SSSR count). The molecule has 1 aromatic rings. The van der Waals surface area contributed by atoms with Gasteiger partial charge in [-0.25, -0.2) is 22.8 Å². The van der Waals surface area contributed by atoms with Gasteiger partial charge in [0, 0.05) is 19.1 Å². The van der Waals surface area contributed by atoms with Crippen molar-refractivity contribution in [3.63, 3.8) is 0 Å². The molecular weight excluding hydrogens is 447 g/mol. The summed E-state index contributed by atoms with van der Waals surface area (Å²) >= 11 is 0. The lowest BCUT2D eigenvalue weighted by Crippen LogP contribution is -2.52. The lowest BCUT2D eigenvalue weighted by molar-refractivity contribution is -0.149. The molecule has 1 aromatic carbocycles. The summed E-state index contributed by atoms with van der Waals surface area (Å²) in [6.07, 6.45) is -0.152. The van der Waals surface area contributed by atoms with E-state index >= 15 is 0 Å². The van der Waals surface area contributed by atoms with Crippen LogP contribution in [0.2, 0.25) is 0 Å². The Morgan fingerprint density at radius 3 is 2.12 bits per heavy atom. The second-order valence-electron chi connectivity index (χ2n) is 7.05. The van der Waals surface area contributed by atoms with Crippen molar-refractivity contribution in [1.29, 1.82) is 0 Å². The van der Waals surface area contributed by atoms with E-state index in [0.29, 0.717) is 0 Å². The normalized spacial score (nSPS) is 19.2. The molecule has 176 valence electrons. The Bertz CT molecular complexity index is 893. The van der Waals surface area contributed by atoms with E-state index < -0.39 is 71.5 Å². The largest absolute Gasteiger partial charge is 0.477 e. The molecule has 8 nitrogen and oxygen atoms in total. The van der Waals surface area contributed by atoms with Gasteiger partial charge in [-0.2, -0.15) is 8.78 Å². The zero-order chi connectivity index (χ0) is 23.6. The topological polar surface area (TPSA) is 85.4 Å². The first-order valence-electron chi connectivity index (χ1n) is 9.71. The van der Waals surface area contributed by atoms with Crippen molar-refractivity contribution in [3.05, 3.63) is 29.1 Å². The highest BCUT2D eigenvalue weighted by Gasteiger charge is 2.44. The van der Waals surface area contributed by atoms with E-state index in [9.17, 15) is 36.3 Å². The number of halogens is 5. The summed E-state index contributed by atoms with van der Waals surface area (Å²) in [6, 6.07) is -1.31. The first-order chi connectivity index (χ1) is 15.2. The molecule has 0 aromatic heterocycles. The van der Waals surface area contributed by atoms with Crippen LogP contribution in [0.25, 0.3) is 0 Å². The molecule has 2 fully saturated rings. The molecule has 32 heavy (non-hydrogen) atoms. The van der Waals surface area contributed by atoms with Gasteiger partial charge in [0.1, 0.15) is 6.61 Å². The van der Waals surface area contributed by atoms with Crippen LogP contribution in [0.3, 0.4) is 0 Å².